The van der Waals surface area contributed by atoms with Crippen LogP contribution in [0.5, 0.6) is 0 Å². The summed E-state index contributed by atoms with van der Waals surface area (Å²) in [5, 5.41) is 5.93. The van der Waals surface area contributed by atoms with Crippen LogP contribution in [0, 0.1) is 0 Å². The molecule has 5 nitrogen and oxygen atoms in total. The van der Waals surface area contributed by atoms with E-state index in [1.807, 2.05) is 6.07 Å². The van der Waals surface area contributed by atoms with Gasteiger partial charge >= 0.3 is 6.03 Å². The first-order valence-corrected chi connectivity index (χ1v) is 5.49. The van der Waals surface area contributed by atoms with Gasteiger partial charge in [-0.25, -0.2) is 9.78 Å². The maximum atomic E-state index is 11.4. The minimum Gasteiger partial charge on any atom is -0.292 e. The molecule has 0 unspecified atom stereocenters. The van der Waals surface area contributed by atoms with Gasteiger partial charge in [-0.2, -0.15) is 0 Å². The van der Waals surface area contributed by atoms with E-state index in [-0.39, 0.29) is 6.03 Å². The molecule has 1 aliphatic rings. The molecule has 1 aromatic heterocycles. The van der Waals surface area contributed by atoms with Crippen molar-refractivity contribution in [1.82, 2.24) is 10.3 Å². The molecule has 2 heterocycles. The van der Waals surface area contributed by atoms with Gasteiger partial charge in [-0.15, -0.1) is 0 Å². The zero-order chi connectivity index (χ0) is 10.5. The normalized spacial score (nSPS) is 14.5. The number of urea groups is 1. The number of hydrogen-bond donors (Lipinski definition) is 2. The van der Waals surface area contributed by atoms with Gasteiger partial charge in [0.1, 0.15) is 5.82 Å². The predicted molar refractivity (Wildman–Crippen MR) is 61.2 cm³/mol. The lowest BCUT2D eigenvalue weighted by atomic mass is 10.5. The first-order chi connectivity index (χ1) is 7.34. The Hall–Kier alpha value is -1.56. The highest BCUT2D eigenvalue weighted by Crippen LogP contribution is 2.09. The maximum Gasteiger partial charge on any atom is 0.326 e. The molecule has 0 aromatic carbocycles. The number of rotatable bonds is 1. The number of carbonyl (C=O) groups excluding carboxylic acids is 1. The Balaban J connectivity index is 1.87. The summed E-state index contributed by atoms with van der Waals surface area (Å²) in [5.74, 6) is 1.46. The van der Waals surface area contributed by atoms with Gasteiger partial charge in [0.05, 0.1) is 6.54 Å². The van der Waals surface area contributed by atoms with E-state index in [9.17, 15) is 4.79 Å². The van der Waals surface area contributed by atoms with Crippen molar-refractivity contribution in [3.8, 4) is 0 Å². The molecule has 2 N–H and O–H groups in total. The maximum absolute atomic E-state index is 11.4. The second-order valence-electron chi connectivity index (χ2n) is 2.83. The molecular formula is C9H10N4OS. The average molecular weight is 222 g/mol. The highest BCUT2D eigenvalue weighted by molar-refractivity contribution is 8.14. The summed E-state index contributed by atoms with van der Waals surface area (Å²) in [5.41, 5.74) is 0. The third kappa shape index (κ3) is 2.95. The van der Waals surface area contributed by atoms with Crippen LogP contribution in [0.1, 0.15) is 0 Å². The van der Waals surface area contributed by atoms with E-state index in [2.05, 4.69) is 20.6 Å². The lowest BCUT2D eigenvalue weighted by molar-refractivity contribution is 0.256. The molecule has 0 radical (unpaired) electrons. The third-order valence-corrected chi connectivity index (χ3v) is 2.60. The van der Waals surface area contributed by atoms with Crippen LogP contribution >= 0.6 is 11.8 Å². The fraction of sp³-hybridized carbons (Fsp3) is 0.222. The Morgan fingerprint density at radius 2 is 2.33 bits per heavy atom. The highest BCUT2D eigenvalue weighted by atomic mass is 32.2. The van der Waals surface area contributed by atoms with Crippen molar-refractivity contribution in [2.24, 2.45) is 4.99 Å². The van der Waals surface area contributed by atoms with Gasteiger partial charge in [-0.3, -0.25) is 15.6 Å². The lowest BCUT2D eigenvalue weighted by Gasteiger charge is -2.05. The van der Waals surface area contributed by atoms with Crippen molar-refractivity contribution in [1.29, 1.82) is 0 Å². The van der Waals surface area contributed by atoms with Crippen molar-refractivity contribution in [3.63, 3.8) is 0 Å². The molecule has 1 aliphatic heterocycles. The fourth-order valence-electron chi connectivity index (χ4n) is 1.09. The van der Waals surface area contributed by atoms with Crippen LogP contribution in [-0.2, 0) is 0 Å². The second kappa shape index (κ2) is 4.79. The molecule has 0 saturated carbocycles. The number of nitrogens with one attached hydrogen (secondary N) is 2. The van der Waals surface area contributed by atoms with Gasteiger partial charge in [-0.1, -0.05) is 17.8 Å². The van der Waals surface area contributed by atoms with Crippen LogP contribution in [-0.4, -0.2) is 28.5 Å². The summed E-state index contributed by atoms with van der Waals surface area (Å²) in [7, 11) is 0. The summed E-state index contributed by atoms with van der Waals surface area (Å²) >= 11 is 1.54. The summed E-state index contributed by atoms with van der Waals surface area (Å²) < 4.78 is 0. The zero-order valence-corrected chi connectivity index (χ0v) is 8.75. The van der Waals surface area contributed by atoms with E-state index in [1.165, 1.54) is 11.8 Å². The van der Waals surface area contributed by atoms with E-state index >= 15 is 0 Å². The Labute approximate surface area is 91.4 Å². The van der Waals surface area contributed by atoms with Gasteiger partial charge in [0.2, 0.25) is 0 Å². The molecule has 0 aliphatic carbocycles. The molecule has 0 bridgehead atoms. The number of anilines is 1. The minimum atomic E-state index is -0.304. The average Bonchev–Trinajstić information content (AvgIpc) is 2.71. The van der Waals surface area contributed by atoms with Crippen molar-refractivity contribution < 1.29 is 4.79 Å². The van der Waals surface area contributed by atoms with Crippen molar-refractivity contribution in [2.75, 3.05) is 17.6 Å². The van der Waals surface area contributed by atoms with Gasteiger partial charge in [-0.05, 0) is 12.1 Å². The number of amidine groups is 1. The molecular weight excluding hydrogens is 212 g/mol. The standard InChI is InChI=1S/C9H10N4OS/c14-8(13-9-11-5-6-15-9)12-7-3-1-2-4-10-7/h1-4H,5-6H2,(H2,10,11,12,13,14). The third-order valence-electron chi connectivity index (χ3n) is 1.71. The zero-order valence-electron chi connectivity index (χ0n) is 7.93. The first kappa shape index (κ1) is 9.97. The van der Waals surface area contributed by atoms with Crippen LogP contribution in [0.15, 0.2) is 29.4 Å². The smallest absolute Gasteiger partial charge is 0.292 e. The number of carbonyl (C=O) groups is 1. The Bertz CT molecular complexity index is 379. The minimum absolute atomic E-state index is 0.304. The molecule has 0 atom stereocenters. The Morgan fingerprint density at radius 3 is 3.00 bits per heavy atom. The molecule has 1 aromatic rings. The van der Waals surface area contributed by atoms with Gasteiger partial charge in [0, 0.05) is 11.9 Å². The van der Waals surface area contributed by atoms with Crippen molar-refractivity contribution in [3.05, 3.63) is 24.4 Å². The number of nitrogens with zero attached hydrogens (tertiary/aromatic N) is 2. The van der Waals surface area contributed by atoms with Gasteiger partial charge in [0.15, 0.2) is 5.17 Å². The number of thioether (sulfide) groups is 1. The molecule has 2 amide bonds. The molecule has 0 spiro atoms. The lowest BCUT2D eigenvalue weighted by Crippen LogP contribution is -2.32. The summed E-state index contributed by atoms with van der Waals surface area (Å²) in [6.07, 6.45) is 1.62. The Kier molecular flexibility index (Phi) is 3.18. The number of aromatic nitrogens is 1. The largest absolute Gasteiger partial charge is 0.326 e. The van der Waals surface area contributed by atoms with Crippen LogP contribution in [0.2, 0.25) is 0 Å². The fourth-order valence-corrected chi connectivity index (χ4v) is 1.82. The van der Waals surface area contributed by atoms with Crippen molar-refractivity contribution in [2.45, 2.75) is 0 Å². The number of pyridine rings is 1. The van der Waals surface area contributed by atoms with Crippen LogP contribution < -0.4 is 10.6 Å². The predicted octanol–water partition coefficient (Wildman–Crippen LogP) is 1.31. The number of aliphatic imine (C=N–C) groups is 1. The molecule has 78 valence electrons. The van der Waals surface area contributed by atoms with E-state index in [1.54, 1.807) is 18.3 Å². The van der Waals surface area contributed by atoms with Gasteiger partial charge in [0.25, 0.3) is 0 Å². The summed E-state index contributed by atoms with van der Waals surface area (Å²) in [6.45, 7) is 0.768. The van der Waals surface area contributed by atoms with Crippen molar-refractivity contribution >= 4 is 28.8 Å². The van der Waals surface area contributed by atoms with Crippen LogP contribution in [0.3, 0.4) is 0 Å². The monoisotopic (exact) mass is 222 g/mol. The molecule has 15 heavy (non-hydrogen) atoms. The number of amides is 2. The van der Waals surface area contributed by atoms with Crippen LogP contribution in [0.25, 0.3) is 0 Å². The molecule has 6 heteroatoms. The second-order valence-corrected chi connectivity index (χ2v) is 3.91. The SMILES string of the molecule is O=C(NC1=NCCS1)Nc1ccccn1. The van der Waals surface area contributed by atoms with Crippen LogP contribution in [0.4, 0.5) is 10.6 Å². The highest BCUT2D eigenvalue weighted by Gasteiger charge is 2.10. The summed E-state index contributed by atoms with van der Waals surface area (Å²) in [6, 6.07) is 5.02. The Morgan fingerprint density at radius 1 is 1.40 bits per heavy atom. The first-order valence-electron chi connectivity index (χ1n) is 4.51. The quantitative estimate of drug-likeness (QED) is 0.752. The summed E-state index contributed by atoms with van der Waals surface area (Å²) in [4.78, 5) is 19.5. The van der Waals surface area contributed by atoms with E-state index in [0.717, 1.165) is 12.3 Å². The van der Waals surface area contributed by atoms with E-state index in [0.29, 0.717) is 11.0 Å². The molecule has 2 rings (SSSR count). The topological polar surface area (TPSA) is 66.4 Å². The molecule has 0 fully saturated rings. The number of hydrogen-bond acceptors (Lipinski definition) is 4. The van der Waals surface area contributed by atoms with Gasteiger partial charge < -0.3 is 0 Å². The van der Waals surface area contributed by atoms with E-state index < -0.39 is 0 Å². The van der Waals surface area contributed by atoms with E-state index in [4.69, 9.17) is 0 Å². The molecule has 0 saturated heterocycles.